The number of nitrogens with zero attached hydrogens (tertiary/aromatic N) is 1. The Kier molecular flexibility index (Phi) is 5.54. The number of carbonyl (C=O) groups excluding carboxylic acids is 1. The highest BCUT2D eigenvalue weighted by molar-refractivity contribution is 6.42. The number of aliphatic hydroxyl groups excluding tert-OH is 1. The Morgan fingerprint density at radius 2 is 2.15 bits per heavy atom. The van der Waals surface area contributed by atoms with Crippen molar-refractivity contribution in [3.63, 3.8) is 0 Å². The van der Waals surface area contributed by atoms with E-state index in [1.54, 1.807) is 6.92 Å². The third kappa shape index (κ3) is 3.71. The van der Waals surface area contributed by atoms with Crippen LogP contribution in [0.3, 0.4) is 0 Å². The van der Waals surface area contributed by atoms with Crippen molar-refractivity contribution in [1.82, 2.24) is 0 Å². The molecule has 0 rings (SSSR count). The van der Waals surface area contributed by atoms with Gasteiger partial charge in [0.2, 0.25) is 0 Å². The molecule has 0 saturated heterocycles. The van der Waals surface area contributed by atoms with Gasteiger partial charge in [0, 0.05) is 0 Å². The van der Waals surface area contributed by atoms with Crippen LogP contribution in [0.4, 0.5) is 0 Å². The number of hydrogen-bond acceptors (Lipinski definition) is 5. The molecular weight excluding hydrogens is 174 g/mol. The molecule has 5 heteroatoms. The Balaban J connectivity index is 4.72. The van der Waals surface area contributed by atoms with E-state index in [0.717, 1.165) is 0 Å². The first-order valence-electron chi connectivity index (χ1n) is 3.64. The smallest absolute Gasteiger partial charge is 0.360 e. The third-order valence-corrected chi connectivity index (χ3v) is 1.33. The fourth-order valence-corrected chi connectivity index (χ4v) is 0.692. The van der Waals surface area contributed by atoms with Crippen LogP contribution in [0, 0.1) is 0 Å². The zero-order chi connectivity index (χ0) is 10.3. The molecule has 13 heavy (non-hydrogen) atoms. The van der Waals surface area contributed by atoms with E-state index in [4.69, 9.17) is 5.11 Å². The van der Waals surface area contributed by atoms with Crippen LogP contribution in [0.2, 0.25) is 0 Å². The van der Waals surface area contributed by atoms with Gasteiger partial charge in [-0.2, -0.15) is 0 Å². The van der Waals surface area contributed by atoms with Gasteiger partial charge in [-0.15, -0.1) is 0 Å². The molecule has 0 aliphatic heterocycles. The Labute approximate surface area is 76.6 Å². The molecule has 74 valence electrons. The second-order valence-corrected chi connectivity index (χ2v) is 2.18. The zero-order valence-corrected chi connectivity index (χ0v) is 7.90. The Bertz CT molecular complexity index is 232. The van der Waals surface area contributed by atoms with Crippen molar-refractivity contribution in [2.24, 2.45) is 5.16 Å². The highest BCUT2D eigenvalue weighted by Gasteiger charge is 2.14. The summed E-state index contributed by atoms with van der Waals surface area (Å²) in [5.74, 6) is -0.593. The monoisotopic (exact) mass is 187 g/mol. The van der Waals surface area contributed by atoms with Gasteiger partial charge in [0.15, 0.2) is 5.71 Å². The maximum Gasteiger partial charge on any atom is 0.360 e. The molecule has 0 atom stereocenters. The van der Waals surface area contributed by atoms with Gasteiger partial charge in [-0.25, -0.2) is 4.79 Å². The van der Waals surface area contributed by atoms with Crippen molar-refractivity contribution in [1.29, 1.82) is 0 Å². The second-order valence-electron chi connectivity index (χ2n) is 2.18. The van der Waals surface area contributed by atoms with Gasteiger partial charge < -0.3 is 14.7 Å². The van der Waals surface area contributed by atoms with Crippen LogP contribution in [0.25, 0.3) is 0 Å². The number of aliphatic hydroxyl groups is 1. The minimum atomic E-state index is -0.593. The molecule has 1 N–H and O–H groups in total. The number of ether oxygens (including phenoxy) is 1. The van der Waals surface area contributed by atoms with Crippen molar-refractivity contribution in [2.45, 2.75) is 6.92 Å². The molecule has 0 unspecified atom stereocenters. The largest absolute Gasteiger partial charge is 0.464 e. The first-order chi connectivity index (χ1) is 6.17. The normalized spacial score (nSPS) is 12.6. The van der Waals surface area contributed by atoms with Gasteiger partial charge in [-0.3, -0.25) is 0 Å². The quantitative estimate of drug-likeness (QED) is 0.385. The molecule has 0 aromatic carbocycles. The van der Waals surface area contributed by atoms with Crippen molar-refractivity contribution in [3.8, 4) is 0 Å². The van der Waals surface area contributed by atoms with Crippen LogP contribution in [0.5, 0.6) is 0 Å². The summed E-state index contributed by atoms with van der Waals surface area (Å²) in [5.41, 5.74) is 0.565. The summed E-state index contributed by atoms with van der Waals surface area (Å²) in [6.07, 6.45) is 1.44. The van der Waals surface area contributed by atoms with Crippen molar-refractivity contribution in [2.75, 3.05) is 20.8 Å². The lowest BCUT2D eigenvalue weighted by Crippen LogP contribution is -2.17. The van der Waals surface area contributed by atoms with E-state index < -0.39 is 5.97 Å². The highest BCUT2D eigenvalue weighted by Crippen LogP contribution is 1.99. The zero-order valence-electron chi connectivity index (χ0n) is 7.90. The van der Waals surface area contributed by atoms with Gasteiger partial charge in [0.1, 0.15) is 7.11 Å². The van der Waals surface area contributed by atoms with Gasteiger partial charge in [0.25, 0.3) is 0 Å². The van der Waals surface area contributed by atoms with Gasteiger partial charge in [-0.05, 0) is 12.5 Å². The molecule has 0 aromatic rings. The fraction of sp³-hybridized carbons (Fsp3) is 0.500. The predicted molar refractivity (Wildman–Crippen MR) is 47.3 cm³/mol. The lowest BCUT2D eigenvalue weighted by molar-refractivity contribution is -0.132. The Hall–Kier alpha value is -1.36. The number of esters is 1. The van der Waals surface area contributed by atoms with Gasteiger partial charge in [-0.1, -0.05) is 11.2 Å². The molecule has 0 fully saturated rings. The van der Waals surface area contributed by atoms with Gasteiger partial charge >= 0.3 is 5.97 Å². The average Bonchev–Trinajstić information content (AvgIpc) is 2.13. The molecule has 0 heterocycles. The van der Waals surface area contributed by atoms with E-state index in [1.165, 1.54) is 20.3 Å². The molecule has 0 aliphatic carbocycles. The van der Waals surface area contributed by atoms with Crippen molar-refractivity contribution < 1.29 is 19.5 Å². The summed E-state index contributed by atoms with van der Waals surface area (Å²) in [5, 5.41) is 12.1. The fourth-order valence-electron chi connectivity index (χ4n) is 0.692. The molecule has 0 bridgehead atoms. The summed E-state index contributed by atoms with van der Waals surface area (Å²) >= 11 is 0. The topological polar surface area (TPSA) is 68.1 Å². The third-order valence-electron chi connectivity index (χ3n) is 1.33. The lowest BCUT2D eigenvalue weighted by atomic mass is 10.2. The number of methoxy groups -OCH3 is 1. The van der Waals surface area contributed by atoms with Crippen LogP contribution < -0.4 is 0 Å². The molecule has 5 nitrogen and oxygen atoms in total. The van der Waals surface area contributed by atoms with Crippen LogP contribution in [0.1, 0.15) is 6.92 Å². The van der Waals surface area contributed by atoms with Crippen molar-refractivity contribution >= 4 is 11.7 Å². The highest BCUT2D eigenvalue weighted by atomic mass is 16.6. The van der Waals surface area contributed by atoms with Crippen LogP contribution >= 0.6 is 0 Å². The molecule has 0 spiro atoms. The summed E-state index contributed by atoms with van der Waals surface area (Å²) in [4.78, 5) is 15.5. The van der Waals surface area contributed by atoms with E-state index in [1.807, 2.05) is 0 Å². The van der Waals surface area contributed by atoms with Crippen LogP contribution in [0.15, 0.2) is 16.8 Å². The van der Waals surface area contributed by atoms with E-state index >= 15 is 0 Å². The maximum atomic E-state index is 11.1. The first kappa shape index (κ1) is 11.6. The summed E-state index contributed by atoms with van der Waals surface area (Å²) < 4.78 is 4.46. The molecule has 0 saturated carbocycles. The summed E-state index contributed by atoms with van der Waals surface area (Å²) in [6.45, 7) is 1.47. The molecular formula is C8H13NO4. The van der Waals surface area contributed by atoms with E-state index in [2.05, 4.69) is 14.7 Å². The Morgan fingerprint density at radius 3 is 2.54 bits per heavy atom. The second kappa shape index (κ2) is 6.19. The summed E-state index contributed by atoms with van der Waals surface area (Å²) in [7, 11) is 2.58. The predicted octanol–water partition coefficient (Wildman–Crippen LogP) is 0.100. The number of oxime groups is 1. The minimum Gasteiger partial charge on any atom is -0.464 e. The average molecular weight is 187 g/mol. The lowest BCUT2D eigenvalue weighted by Gasteiger charge is -2.02. The number of carbonyl (C=O) groups is 1. The van der Waals surface area contributed by atoms with Crippen LogP contribution in [-0.4, -0.2) is 37.6 Å². The molecule has 0 amide bonds. The molecule has 0 aliphatic rings. The molecule has 0 radical (unpaired) electrons. The minimum absolute atomic E-state index is 0.0547. The standard InChI is InChI=1S/C8H13NO4/c1-6(4-5-10)7(9-13-3)8(11)12-2/h4,10H,5H2,1-3H3. The van der Waals surface area contributed by atoms with E-state index in [0.29, 0.717) is 5.57 Å². The maximum absolute atomic E-state index is 11.1. The van der Waals surface area contributed by atoms with E-state index in [9.17, 15) is 4.79 Å². The van der Waals surface area contributed by atoms with E-state index in [-0.39, 0.29) is 12.3 Å². The SMILES string of the molecule is CON=C(C(=O)OC)C(C)=CCO. The number of hydrogen-bond donors (Lipinski definition) is 1. The van der Waals surface area contributed by atoms with Crippen molar-refractivity contribution in [3.05, 3.63) is 11.6 Å². The molecule has 0 aromatic heterocycles. The summed E-state index contributed by atoms with van der Waals surface area (Å²) in [6, 6.07) is 0. The van der Waals surface area contributed by atoms with Gasteiger partial charge in [0.05, 0.1) is 13.7 Å². The number of rotatable bonds is 4. The first-order valence-corrected chi connectivity index (χ1v) is 3.64. The van der Waals surface area contributed by atoms with Crippen LogP contribution in [-0.2, 0) is 14.4 Å². The Morgan fingerprint density at radius 1 is 1.54 bits per heavy atom.